The van der Waals surface area contributed by atoms with Crippen LogP contribution in [0, 0.1) is 0 Å². The van der Waals surface area contributed by atoms with E-state index in [0.717, 1.165) is 12.8 Å². The van der Waals surface area contributed by atoms with Gasteiger partial charge in [0.1, 0.15) is 0 Å². The Hall–Kier alpha value is -0.900. The van der Waals surface area contributed by atoms with Crippen molar-refractivity contribution in [2.24, 2.45) is 0 Å². The third-order valence-corrected chi connectivity index (χ3v) is 3.24. The quantitative estimate of drug-likeness (QED) is 0.815. The first-order valence-corrected chi connectivity index (χ1v) is 6.33. The Bertz CT molecular complexity index is 354. The van der Waals surface area contributed by atoms with E-state index in [-0.39, 0.29) is 6.10 Å². The summed E-state index contributed by atoms with van der Waals surface area (Å²) in [6, 6.07) is 8.46. The summed E-state index contributed by atoms with van der Waals surface area (Å²) >= 11 is 0. The monoisotopic (exact) mass is 235 g/mol. The summed E-state index contributed by atoms with van der Waals surface area (Å²) in [6.07, 6.45) is 3.11. The molecular formula is C14H21NO2. The lowest BCUT2D eigenvalue weighted by atomic mass is 9.89. The zero-order valence-electron chi connectivity index (χ0n) is 10.4. The number of hydrogen-bond acceptors (Lipinski definition) is 3. The fraction of sp³-hybridized carbons (Fsp3) is 0.571. The van der Waals surface area contributed by atoms with Crippen molar-refractivity contribution in [1.82, 2.24) is 5.32 Å². The zero-order valence-corrected chi connectivity index (χ0v) is 10.4. The van der Waals surface area contributed by atoms with Gasteiger partial charge in [-0.15, -0.1) is 0 Å². The van der Waals surface area contributed by atoms with Gasteiger partial charge in [-0.05, 0) is 37.4 Å². The van der Waals surface area contributed by atoms with Crippen molar-refractivity contribution in [3.8, 4) is 0 Å². The van der Waals surface area contributed by atoms with Gasteiger partial charge >= 0.3 is 0 Å². The van der Waals surface area contributed by atoms with Gasteiger partial charge in [-0.2, -0.15) is 0 Å². The molecule has 3 nitrogen and oxygen atoms in total. The van der Waals surface area contributed by atoms with Crippen LogP contribution < -0.4 is 5.32 Å². The molecule has 94 valence electrons. The summed E-state index contributed by atoms with van der Waals surface area (Å²) in [5, 5.41) is 12.6. The molecule has 1 aliphatic rings. The van der Waals surface area contributed by atoms with Gasteiger partial charge in [0.25, 0.3) is 0 Å². The summed E-state index contributed by atoms with van der Waals surface area (Å²) in [7, 11) is 1.83. The molecule has 0 radical (unpaired) electrons. The minimum absolute atomic E-state index is 0.159. The van der Waals surface area contributed by atoms with Crippen molar-refractivity contribution in [3.05, 3.63) is 35.4 Å². The van der Waals surface area contributed by atoms with E-state index in [1.807, 2.05) is 7.05 Å². The molecule has 2 rings (SSSR count). The van der Waals surface area contributed by atoms with Crippen molar-refractivity contribution < 1.29 is 9.84 Å². The maximum absolute atomic E-state index is 9.64. The summed E-state index contributed by atoms with van der Waals surface area (Å²) in [5.41, 5.74) is 2.70. The Morgan fingerprint density at radius 2 is 2.29 bits per heavy atom. The first kappa shape index (κ1) is 12.6. The van der Waals surface area contributed by atoms with Gasteiger partial charge in [-0.3, -0.25) is 0 Å². The van der Waals surface area contributed by atoms with E-state index in [9.17, 15) is 5.11 Å². The molecule has 1 aromatic carbocycles. The van der Waals surface area contributed by atoms with Gasteiger partial charge in [0.05, 0.1) is 18.8 Å². The van der Waals surface area contributed by atoms with E-state index in [0.29, 0.717) is 13.2 Å². The Kier molecular flexibility index (Phi) is 4.54. The highest BCUT2D eigenvalue weighted by atomic mass is 16.5. The maximum atomic E-state index is 9.64. The third-order valence-electron chi connectivity index (χ3n) is 3.24. The van der Waals surface area contributed by atoms with E-state index in [4.69, 9.17) is 4.74 Å². The van der Waals surface area contributed by atoms with Crippen LogP contribution in [0.2, 0.25) is 0 Å². The van der Waals surface area contributed by atoms with E-state index in [2.05, 4.69) is 29.6 Å². The largest absolute Gasteiger partial charge is 0.389 e. The number of nitrogens with one attached hydrogen (secondary N) is 1. The van der Waals surface area contributed by atoms with Crippen molar-refractivity contribution in [2.45, 2.75) is 31.5 Å². The van der Waals surface area contributed by atoms with Crippen LogP contribution in [-0.2, 0) is 11.2 Å². The van der Waals surface area contributed by atoms with E-state index in [1.54, 1.807) is 0 Å². The second-order valence-corrected chi connectivity index (χ2v) is 4.62. The fourth-order valence-electron chi connectivity index (χ4n) is 2.40. The maximum Gasteiger partial charge on any atom is 0.0897 e. The number of likely N-dealkylation sites (N-methyl/N-ethyl adjacent to an activating group) is 1. The molecule has 1 aromatic rings. The first-order chi connectivity index (χ1) is 8.31. The minimum Gasteiger partial charge on any atom is -0.389 e. The van der Waals surface area contributed by atoms with Crippen LogP contribution in [0.1, 0.15) is 30.1 Å². The Labute approximate surface area is 103 Å². The number of rotatable bonds is 5. The lowest BCUT2D eigenvalue weighted by Crippen LogP contribution is -2.29. The number of hydrogen-bond donors (Lipinski definition) is 2. The molecule has 3 heteroatoms. The predicted molar refractivity (Wildman–Crippen MR) is 68.0 cm³/mol. The molecule has 1 aliphatic carbocycles. The molecule has 0 heterocycles. The van der Waals surface area contributed by atoms with Crippen LogP contribution in [0.4, 0.5) is 0 Å². The van der Waals surface area contributed by atoms with Gasteiger partial charge in [0.2, 0.25) is 0 Å². The number of aliphatic hydroxyl groups excluding tert-OH is 1. The smallest absolute Gasteiger partial charge is 0.0897 e. The number of benzene rings is 1. The van der Waals surface area contributed by atoms with Crippen molar-refractivity contribution in [1.29, 1.82) is 0 Å². The molecule has 0 aromatic heterocycles. The van der Waals surface area contributed by atoms with Crippen LogP contribution in [0.25, 0.3) is 0 Å². The molecule has 2 unspecified atom stereocenters. The van der Waals surface area contributed by atoms with E-state index >= 15 is 0 Å². The summed E-state index contributed by atoms with van der Waals surface area (Å²) in [4.78, 5) is 0. The molecule has 0 bridgehead atoms. The summed E-state index contributed by atoms with van der Waals surface area (Å²) < 4.78 is 5.83. The average Bonchev–Trinajstić information content (AvgIpc) is 2.36. The molecule has 0 fully saturated rings. The molecule has 2 atom stereocenters. The Morgan fingerprint density at radius 3 is 3.12 bits per heavy atom. The van der Waals surface area contributed by atoms with Gasteiger partial charge < -0.3 is 15.2 Å². The summed E-state index contributed by atoms with van der Waals surface area (Å²) in [5.74, 6) is 0. The van der Waals surface area contributed by atoms with Crippen LogP contribution in [0.15, 0.2) is 24.3 Å². The second kappa shape index (κ2) is 6.15. The minimum atomic E-state index is -0.422. The standard InChI is InChI=1S/C14H21NO2/c1-15-9-12(16)10-17-14-8-4-6-11-5-2-3-7-13(11)14/h2-3,5,7,12,14-16H,4,6,8-10H2,1H3. The number of aliphatic hydroxyl groups is 1. The van der Waals surface area contributed by atoms with Crippen LogP contribution in [0.3, 0.4) is 0 Å². The topological polar surface area (TPSA) is 41.5 Å². The second-order valence-electron chi connectivity index (χ2n) is 4.62. The van der Waals surface area contributed by atoms with E-state index in [1.165, 1.54) is 17.5 Å². The molecular weight excluding hydrogens is 214 g/mol. The van der Waals surface area contributed by atoms with E-state index < -0.39 is 6.10 Å². The van der Waals surface area contributed by atoms with Gasteiger partial charge in [-0.25, -0.2) is 0 Å². The van der Waals surface area contributed by atoms with Gasteiger partial charge in [0, 0.05) is 6.54 Å². The molecule has 0 aliphatic heterocycles. The average molecular weight is 235 g/mol. The molecule has 17 heavy (non-hydrogen) atoms. The normalized spacial score (nSPS) is 20.9. The first-order valence-electron chi connectivity index (χ1n) is 6.33. The zero-order chi connectivity index (χ0) is 12.1. The summed E-state index contributed by atoms with van der Waals surface area (Å²) in [6.45, 7) is 0.980. The highest BCUT2D eigenvalue weighted by Gasteiger charge is 2.20. The van der Waals surface area contributed by atoms with Crippen molar-refractivity contribution in [3.63, 3.8) is 0 Å². The fourth-order valence-corrected chi connectivity index (χ4v) is 2.40. The molecule has 0 amide bonds. The lowest BCUT2D eigenvalue weighted by molar-refractivity contribution is -0.0161. The van der Waals surface area contributed by atoms with Gasteiger partial charge in [0.15, 0.2) is 0 Å². The number of aryl methyl sites for hydroxylation is 1. The highest BCUT2D eigenvalue weighted by Crippen LogP contribution is 2.32. The Balaban J connectivity index is 1.94. The molecule has 0 saturated carbocycles. The van der Waals surface area contributed by atoms with Crippen LogP contribution in [0.5, 0.6) is 0 Å². The van der Waals surface area contributed by atoms with Crippen molar-refractivity contribution in [2.75, 3.05) is 20.2 Å². The highest BCUT2D eigenvalue weighted by molar-refractivity contribution is 5.31. The molecule has 2 N–H and O–H groups in total. The van der Waals surface area contributed by atoms with Crippen LogP contribution in [-0.4, -0.2) is 31.4 Å². The number of fused-ring (bicyclic) bond motifs is 1. The lowest BCUT2D eigenvalue weighted by Gasteiger charge is -2.26. The Morgan fingerprint density at radius 1 is 1.47 bits per heavy atom. The SMILES string of the molecule is CNCC(O)COC1CCCc2ccccc21. The molecule has 0 spiro atoms. The van der Waals surface area contributed by atoms with Crippen LogP contribution >= 0.6 is 0 Å². The van der Waals surface area contributed by atoms with Gasteiger partial charge in [-0.1, -0.05) is 24.3 Å². The predicted octanol–water partition coefficient (Wildman–Crippen LogP) is 1.66. The molecule has 0 saturated heterocycles. The third kappa shape index (κ3) is 3.28. The van der Waals surface area contributed by atoms with Crippen molar-refractivity contribution >= 4 is 0 Å². The number of ether oxygens (including phenoxy) is 1.